The van der Waals surface area contributed by atoms with Gasteiger partial charge in [0.1, 0.15) is 23.9 Å². The Balaban J connectivity index is 1.97. The Labute approximate surface area is 107 Å². The van der Waals surface area contributed by atoms with Gasteiger partial charge in [-0.2, -0.15) is 0 Å². The van der Waals surface area contributed by atoms with E-state index in [2.05, 4.69) is 10.3 Å². The van der Waals surface area contributed by atoms with Crippen molar-refractivity contribution in [3.8, 4) is 5.75 Å². The zero-order valence-electron chi connectivity index (χ0n) is 11.0. The Morgan fingerprint density at radius 1 is 1.33 bits per heavy atom. The van der Waals surface area contributed by atoms with Crippen LogP contribution in [0.2, 0.25) is 0 Å². The number of hydrogen-bond donors (Lipinski definition) is 1. The lowest BCUT2D eigenvalue weighted by molar-refractivity contribution is 0.266. The Kier molecular flexibility index (Phi) is 3.99. The Hall–Kier alpha value is -1.81. The van der Waals surface area contributed by atoms with Crippen LogP contribution in [0, 0.1) is 13.8 Å². The van der Waals surface area contributed by atoms with Gasteiger partial charge in [-0.15, -0.1) is 0 Å². The van der Waals surface area contributed by atoms with E-state index < -0.39 is 0 Å². The van der Waals surface area contributed by atoms with Crippen LogP contribution in [0.25, 0.3) is 0 Å². The fourth-order valence-electron chi connectivity index (χ4n) is 1.72. The summed E-state index contributed by atoms with van der Waals surface area (Å²) in [5.74, 6) is 2.52. The van der Waals surface area contributed by atoms with Gasteiger partial charge in [-0.05, 0) is 39.1 Å². The fourth-order valence-corrected chi connectivity index (χ4v) is 1.72. The van der Waals surface area contributed by atoms with E-state index >= 15 is 0 Å². The minimum atomic E-state index is 0.426. The van der Waals surface area contributed by atoms with Crippen molar-refractivity contribution in [2.75, 3.05) is 7.05 Å². The number of pyridine rings is 1. The summed E-state index contributed by atoms with van der Waals surface area (Å²) in [6.45, 7) is 5.14. The summed E-state index contributed by atoms with van der Waals surface area (Å²) in [6.07, 6.45) is 1.72. The summed E-state index contributed by atoms with van der Waals surface area (Å²) < 4.78 is 11.2. The second kappa shape index (κ2) is 5.69. The molecular formula is C14H18N2O2. The van der Waals surface area contributed by atoms with Gasteiger partial charge in [0.15, 0.2) is 0 Å². The van der Waals surface area contributed by atoms with Crippen LogP contribution in [0.3, 0.4) is 0 Å². The lowest BCUT2D eigenvalue weighted by Crippen LogP contribution is -2.04. The lowest BCUT2D eigenvalue weighted by Gasteiger charge is -2.03. The number of nitrogens with zero attached hydrogens (tertiary/aromatic N) is 1. The summed E-state index contributed by atoms with van der Waals surface area (Å²) >= 11 is 0. The minimum Gasteiger partial charge on any atom is -0.484 e. The molecular weight excluding hydrogens is 228 g/mol. The van der Waals surface area contributed by atoms with Crippen molar-refractivity contribution in [2.45, 2.75) is 27.0 Å². The standard InChI is InChI=1S/C14H18N2O2/c1-10-4-5-13(8-16-10)17-9-14-6-12(7-15-3)11(2)18-14/h4-6,8,15H,7,9H2,1-3H3. The molecule has 0 aliphatic heterocycles. The average molecular weight is 246 g/mol. The van der Waals surface area contributed by atoms with E-state index in [-0.39, 0.29) is 0 Å². The molecule has 0 saturated carbocycles. The third-order valence-corrected chi connectivity index (χ3v) is 2.70. The Morgan fingerprint density at radius 2 is 2.17 bits per heavy atom. The van der Waals surface area contributed by atoms with Gasteiger partial charge in [-0.3, -0.25) is 4.98 Å². The SMILES string of the molecule is CNCc1cc(COc2ccc(C)nc2)oc1C. The van der Waals surface area contributed by atoms with Crippen molar-refractivity contribution in [1.29, 1.82) is 0 Å². The molecule has 2 heterocycles. The van der Waals surface area contributed by atoms with Gasteiger partial charge in [0, 0.05) is 17.8 Å². The highest BCUT2D eigenvalue weighted by molar-refractivity contribution is 5.22. The van der Waals surface area contributed by atoms with E-state index in [0.29, 0.717) is 6.61 Å². The number of nitrogens with one attached hydrogen (secondary N) is 1. The molecule has 0 aromatic carbocycles. The molecule has 0 aliphatic rings. The summed E-state index contributed by atoms with van der Waals surface area (Å²) in [5, 5.41) is 3.11. The quantitative estimate of drug-likeness (QED) is 0.881. The molecule has 4 nitrogen and oxygen atoms in total. The zero-order chi connectivity index (χ0) is 13.0. The molecule has 0 spiro atoms. The van der Waals surface area contributed by atoms with Crippen LogP contribution < -0.4 is 10.1 Å². The van der Waals surface area contributed by atoms with Gasteiger partial charge in [-0.1, -0.05) is 0 Å². The van der Waals surface area contributed by atoms with Gasteiger partial charge < -0.3 is 14.5 Å². The third kappa shape index (κ3) is 3.11. The van der Waals surface area contributed by atoms with Crippen LogP contribution in [0.4, 0.5) is 0 Å². The van der Waals surface area contributed by atoms with Crippen molar-refractivity contribution < 1.29 is 9.15 Å². The second-order valence-corrected chi connectivity index (χ2v) is 4.25. The van der Waals surface area contributed by atoms with Crippen LogP contribution >= 0.6 is 0 Å². The molecule has 18 heavy (non-hydrogen) atoms. The van der Waals surface area contributed by atoms with Crippen molar-refractivity contribution in [3.63, 3.8) is 0 Å². The molecule has 0 radical (unpaired) electrons. The van der Waals surface area contributed by atoms with Crippen molar-refractivity contribution >= 4 is 0 Å². The van der Waals surface area contributed by atoms with Crippen LogP contribution in [0.1, 0.15) is 22.8 Å². The first-order chi connectivity index (χ1) is 8.69. The molecule has 0 unspecified atom stereocenters. The molecule has 0 fully saturated rings. The zero-order valence-corrected chi connectivity index (χ0v) is 11.0. The highest BCUT2D eigenvalue weighted by Gasteiger charge is 2.07. The maximum absolute atomic E-state index is 5.63. The monoisotopic (exact) mass is 246 g/mol. The van der Waals surface area contributed by atoms with E-state index in [9.17, 15) is 0 Å². The molecule has 2 aromatic rings. The molecule has 0 bridgehead atoms. The largest absolute Gasteiger partial charge is 0.484 e. The normalized spacial score (nSPS) is 10.6. The minimum absolute atomic E-state index is 0.426. The first-order valence-corrected chi connectivity index (χ1v) is 5.97. The Morgan fingerprint density at radius 3 is 2.83 bits per heavy atom. The van der Waals surface area contributed by atoms with Crippen LogP contribution in [0.15, 0.2) is 28.8 Å². The average Bonchev–Trinajstić information content (AvgIpc) is 2.70. The predicted octanol–water partition coefficient (Wildman–Crippen LogP) is 2.59. The highest BCUT2D eigenvalue weighted by atomic mass is 16.5. The molecule has 2 aromatic heterocycles. The number of ether oxygens (including phenoxy) is 1. The number of furan rings is 1. The molecule has 96 valence electrons. The van der Waals surface area contributed by atoms with E-state index in [1.165, 1.54) is 0 Å². The molecule has 0 atom stereocenters. The number of hydrogen-bond acceptors (Lipinski definition) is 4. The second-order valence-electron chi connectivity index (χ2n) is 4.25. The van der Waals surface area contributed by atoms with Gasteiger partial charge in [0.05, 0.1) is 6.20 Å². The third-order valence-electron chi connectivity index (χ3n) is 2.70. The lowest BCUT2D eigenvalue weighted by atomic mass is 10.2. The van der Waals surface area contributed by atoms with Gasteiger partial charge in [0.25, 0.3) is 0 Å². The predicted molar refractivity (Wildman–Crippen MR) is 69.5 cm³/mol. The van der Waals surface area contributed by atoms with Gasteiger partial charge in [-0.25, -0.2) is 0 Å². The first kappa shape index (κ1) is 12.6. The van der Waals surface area contributed by atoms with Crippen molar-refractivity contribution in [3.05, 3.63) is 47.2 Å². The number of aromatic nitrogens is 1. The van der Waals surface area contributed by atoms with E-state index in [1.54, 1.807) is 6.20 Å². The van der Waals surface area contributed by atoms with Crippen LogP contribution in [-0.2, 0) is 13.2 Å². The summed E-state index contributed by atoms with van der Waals surface area (Å²) in [7, 11) is 1.92. The van der Waals surface area contributed by atoms with E-state index in [4.69, 9.17) is 9.15 Å². The smallest absolute Gasteiger partial charge is 0.146 e. The highest BCUT2D eigenvalue weighted by Crippen LogP contribution is 2.17. The maximum atomic E-state index is 5.63. The summed E-state index contributed by atoms with van der Waals surface area (Å²) in [6, 6.07) is 5.86. The number of rotatable bonds is 5. The van der Waals surface area contributed by atoms with E-state index in [0.717, 1.165) is 35.1 Å². The fraction of sp³-hybridized carbons (Fsp3) is 0.357. The molecule has 2 rings (SSSR count). The van der Waals surface area contributed by atoms with Crippen LogP contribution in [-0.4, -0.2) is 12.0 Å². The van der Waals surface area contributed by atoms with E-state index in [1.807, 2.05) is 39.1 Å². The summed E-state index contributed by atoms with van der Waals surface area (Å²) in [4.78, 5) is 4.18. The maximum Gasteiger partial charge on any atom is 0.146 e. The van der Waals surface area contributed by atoms with Crippen molar-refractivity contribution in [1.82, 2.24) is 10.3 Å². The molecule has 0 aliphatic carbocycles. The summed E-state index contributed by atoms with van der Waals surface area (Å²) in [5.41, 5.74) is 2.14. The van der Waals surface area contributed by atoms with Crippen molar-refractivity contribution in [2.24, 2.45) is 0 Å². The first-order valence-electron chi connectivity index (χ1n) is 5.97. The molecule has 0 saturated heterocycles. The Bertz CT molecular complexity index is 503. The van der Waals surface area contributed by atoms with Gasteiger partial charge in [0.2, 0.25) is 0 Å². The van der Waals surface area contributed by atoms with Crippen LogP contribution in [0.5, 0.6) is 5.75 Å². The van der Waals surface area contributed by atoms with Gasteiger partial charge >= 0.3 is 0 Å². The molecule has 0 amide bonds. The molecule has 1 N–H and O–H groups in total. The number of aryl methyl sites for hydroxylation is 2. The topological polar surface area (TPSA) is 47.3 Å². The molecule has 4 heteroatoms.